The monoisotopic (exact) mass is 334 g/mol. The third-order valence-electron chi connectivity index (χ3n) is 4.17. The quantitative estimate of drug-likeness (QED) is 0.750. The van der Waals surface area contributed by atoms with Crippen LogP contribution in [0.25, 0.3) is 0 Å². The number of carbonyl (C=O) groups excluding carboxylic acids is 1. The average molecular weight is 334 g/mol. The Hall–Kier alpha value is -2.95. The summed E-state index contributed by atoms with van der Waals surface area (Å²) in [7, 11) is 0. The van der Waals surface area contributed by atoms with E-state index in [9.17, 15) is 4.79 Å². The first kappa shape index (κ1) is 16.9. The fourth-order valence-corrected chi connectivity index (χ4v) is 2.79. The molecule has 0 aliphatic rings. The van der Waals surface area contributed by atoms with Crippen molar-refractivity contribution in [1.29, 1.82) is 0 Å². The summed E-state index contributed by atoms with van der Waals surface area (Å²) in [5.41, 5.74) is 5.64. The number of amides is 1. The minimum absolute atomic E-state index is 0.0315. The molecule has 25 heavy (non-hydrogen) atoms. The summed E-state index contributed by atoms with van der Waals surface area (Å²) in [6, 6.07) is 14.2. The van der Waals surface area contributed by atoms with E-state index < -0.39 is 0 Å². The van der Waals surface area contributed by atoms with Crippen molar-refractivity contribution in [2.24, 2.45) is 0 Å². The first-order valence-corrected chi connectivity index (χ1v) is 8.37. The number of aryl methyl sites for hydroxylation is 3. The van der Waals surface area contributed by atoms with Crippen LogP contribution in [-0.2, 0) is 17.8 Å². The van der Waals surface area contributed by atoms with Crippen molar-refractivity contribution in [3.05, 3.63) is 77.4 Å². The molecule has 3 rings (SSSR count). The standard InChI is InChI=1S/C20H22N4O/c1-15-3-6-18(16(2)11-15)7-10-20(25)23-19-8-4-17(5-9-19)12-24-14-21-13-22-24/h3-6,8-9,11,13-14H,7,10,12H2,1-2H3,(H,23,25). The van der Waals surface area contributed by atoms with E-state index in [1.54, 1.807) is 11.0 Å². The van der Waals surface area contributed by atoms with Gasteiger partial charge in [0.25, 0.3) is 0 Å². The lowest BCUT2D eigenvalue weighted by Gasteiger charge is -2.09. The molecule has 5 nitrogen and oxygen atoms in total. The number of hydrogen-bond donors (Lipinski definition) is 1. The number of aromatic nitrogens is 3. The Morgan fingerprint density at radius 2 is 1.92 bits per heavy atom. The van der Waals surface area contributed by atoms with Gasteiger partial charge in [-0.3, -0.25) is 4.79 Å². The van der Waals surface area contributed by atoms with E-state index in [1.165, 1.54) is 23.0 Å². The molecule has 5 heteroatoms. The Bertz CT molecular complexity index is 839. The van der Waals surface area contributed by atoms with Crippen LogP contribution in [0.2, 0.25) is 0 Å². The van der Waals surface area contributed by atoms with Crippen LogP contribution in [0.3, 0.4) is 0 Å². The number of nitrogens with one attached hydrogen (secondary N) is 1. The van der Waals surface area contributed by atoms with E-state index in [0.29, 0.717) is 13.0 Å². The van der Waals surface area contributed by atoms with Crippen molar-refractivity contribution in [2.45, 2.75) is 33.2 Å². The lowest BCUT2D eigenvalue weighted by molar-refractivity contribution is -0.116. The number of carbonyl (C=O) groups is 1. The Morgan fingerprint density at radius 1 is 1.12 bits per heavy atom. The molecule has 1 aromatic heterocycles. The van der Waals surface area contributed by atoms with Crippen molar-refractivity contribution >= 4 is 11.6 Å². The number of hydrogen-bond acceptors (Lipinski definition) is 3. The molecular weight excluding hydrogens is 312 g/mol. The van der Waals surface area contributed by atoms with Crippen LogP contribution in [0.1, 0.15) is 28.7 Å². The Morgan fingerprint density at radius 3 is 2.60 bits per heavy atom. The summed E-state index contributed by atoms with van der Waals surface area (Å²) < 4.78 is 1.76. The van der Waals surface area contributed by atoms with E-state index in [1.807, 2.05) is 24.3 Å². The molecule has 3 aromatic rings. The minimum atomic E-state index is 0.0315. The fourth-order valence-electron chi connectivity index (χ4n) is 2.79. The molecule has 1 heterocycles. The highest BCUT2D eigenvalue weighted by Crippen LogP contribution is 2.14. The van der Waals surface area contributed by atoms with Gasteiger partial charge in [0.2, 0.25) is 5.91 Å². The van der Waals surface area contributed by atoms with Crippen LogP contribution in [0.15, 0.2) is 55.1 Å². The first-order valence-electron chi connectivity index (χ1n) is 8.37. The highest BCUT2D eigenvalue weighted by atomic mass is 16.1. The molecule has 1 amide bonds. The van der Waals surface area contributed by atoms with Crippen molar-refractivity contribution in [1.82, 2.24) is 14.8 Å². The van der Waals surface area contributed by atoms with Gasteiger partial charge in [-0.25, -0.2) is 9.67 Å². The highest BCUT2D eigenvalue weighted by Gasteiger charge is 2.06. The molecule has 0 unspecified atom stereocenters. The maximum absolute atomic E-state index is 12.2. The maximum Gasteiger partial charge on any atom is 0.224 e. The van der Waals surface area contributed by atoms with Gasteiger partial charge in [0.1, 0.15) is 12.7 Å². The van der Waals surface area contributed by atoms with Crippen LogP contribution < -0.4 is 5.32 Å². The molecule has 0 aliphatic carbocycles. The van der Waals surface area contributed by atoms with Crippen molar-refractivity contribution in [3.8, 4) is 0 Å². The predicted octanol–water partition coefficient (Wildman–Crippen LogP) is 3.51. The molecule has 0 bridgehead atoms. The van der Waals surface area contributed by atoms with Crippen molar-refractivity contribution in [3.63, 3.8) is 0 Å². The fraction of sp³-hybridized carbons (Fsp3) is 0.250. The average Bonchev–Trinajstić information content (AvgIpc) is 3.09. The molecule has 1 N–H and O–H groups in total. The van der Waals surface area contributed by atoms with E-state index in [-0.39, 0.29) is 5.91 Å². The zero-order valence-corrected chi connectivity index (χ0v) is 14.6. The van der Waals surface area contributed by atoms with Gasteiger partial charge in [0, 0.05) is 12.1 Å². The van der Waals surface area contributed by atoms with E-state index >= 15 is 0 Å². The minimum Gasteiger partial charge on any atom is -0.326 e. The third kappa shape index (κ3) is 4.76. The van der Waals surface area contributed by atoms with Crippen LogP contribution in [0.4, 0.5) is 5.69 Å². The number of rotatable bonds is 6. The first-order chi connectivity index (χ1) is 12.1. The molecule has 0 aliphatic heterocycles. The third-order valence-corrected chi connectivity index (χ3v) is 4.17. The SMILES string of the molecule is Cc1ccc(CCC(=O)Nc2ccc(Cn3cncn3)cc2)c(C)c1. The largest absolute Gasteiger partial charge is 0.326 e. The van der Waals surface area contributed by atoms with Gasteiger partial charge in [-0.15, -0.1) is 0 Å². The van der Waals surface area contributed by atoms with Crippen molar-refractivity contribution < 1.29 is 4.79 Å². The van der Waals surface area contributed by atoms with Gasteiger partial charge in [-0.1, -0.05) is 35.9 Å². The Kier molecular flexibility index (Phi) is 5.23. The molecule has 0 saturated heterocycles. The number of nitrogens with zero attached hydrogens (tertiary/aromatic N) is 3. The lowest BCUT2D eigenvalue weighted by Crippen LogP contribution is -2.12. The summed E-state index contributed by atoms with van der Waals surface area (Å²) in [6.45, 7) is 4.84. The smallest absolute Gasteiger partial charge is 0.224 e. The second kappa shape index (κ2) is 7.75. The summed E-state index contributed by atoms with van der Waals surface area (Å²) in [4.78, 5) is 16.1. The normalized spacial score (nSPS) is 10.6. The molecule has 0 atom stereocenters. The van der Waals surface area contributed by atoms with Crippen LogP contribution in [0, 0.1) is 13.8 Å². The zero-order chi connectivity index (χ0) is 17.6. The van der Waals surface area contributed by atoms with Gasteiger partial charge in [-0.2, -0.15) is 5.10 Å². The van der Waals surface area contributed by atoms with Gasteiger partial charge < -0.3 is 5.32 Å². The second-order valence-corrected chi connectivity index (χ2v) is 6.27. The maximum atomic E-state index is 12.2. The summed E-state index contributed by atoms with van der Waals surface area (Å²) in [6.07, 6.45) is 4.43. The van der Waals surface area contributed by atoms with Gasteiger partial charge in [-0.05, 0) is 49.1 Å². The highest BCUT2D eigenvalue weighted by molar-refractivity contribution is 5.90. The van der Waals surface area contributed by atoms with Crippen LogP contribution >= 0.6 is 0 Å². The predicted molar refractivity (Wildman–Crippen MR) is 98.4 cm³/mol. The molecule has 0 radical (unpaired) electrons. The summed E-state index contributed by atoms with van der Waals surface area (Å²) in [5.74, 6) is 0.0315. The number of anilines is 1. The molecular formula is C20H22N4O. The Labute approximate surface area is 147 Å². The topological polar surface area (TPSA) is 59.8 Å². The number of benzene rings is 2. The second-order valence-electron chi connectivity index (χ2n) is 6.27. The van der Waals surface area contributed by atoms with E-state index in [0.717, 1.165) is 17.7 Å². The molecule has 0 fully saturated rings. The van der Waals surface area contributed by atoms with E-state index in [2.05, 4.69) is 47.4 Å². The van der Waals surface area contributed by atoms with Crippen molar-refractivity contribution in [2.75, 3.05) is 5.32 Å². The van der Waals surface area contributed by atoms with Crippen LogP contribution in [-0.4, -0.2) is 20.7 Å². The van der Waals surface area contributed by atoms with Gasteiger partial charge in [0.05, 0.1) is 6.54 Å². The summed E-state index contributed by atoms with van der Waals surface area (Å²) in [5, 5.41) is 7.04. The van der Waals surface area contributed by atoms with Gasteiger partial charge >= 0.3 is 0 Å². The molecule has 0 saturated carbocycles. The van der Waals surface area contributed by atoms with E-state index in [4.69, 9.17) is 0 Å². The molecule has 128 valence electrons. The zero-order valence-electron chi connectivity index (χ0n) is 14.6. The molecule has 0 spiro atoms. The lowest BCUT2D eigenvalue weighted by atomic mass is 10.0. The van der Waals surface area contributed by atoms with Crippen LogP contribution in [0.5, 0.6) is 0 Å². The molecule has 2 aromatic carbocycles. The van der Waals surface area contributed by atoms with Gasteiger partial charge in [0.15, 0.2) is 0 Å². The summed E-state index contributed by atoms with van der Waals surface area (Å²) >= 11 is 0. The Balaban J connectivity index is 1.52.